The van der Waals surface area contributed by atoms with Gasteiger partial charge in [-0.2, -0.15) is 0 Å². The van der Waals surface area contributed by atoms with Crippen molar-refractivity contribution in [2.75, 3.05) is 10.6 Å². The van der Waals surface area contributed by atoms with Crippen LogP contribution in [-0.4, -0.2) is 16.8 Å². The number of amides is 2. The lowest BCUT2D eigenvalue weighted by Crippen LogP contribution is -2.16. The van der Waals surface area contributed by atoms with Gasteiger partial charge in [-0.05, 0) is 60.7 Å². The molecule has 0 aliphatic heterocycles. The third kappa shape index (κ3) is 4.88. The predicted octanol–water partition coefficient (Wildman–Crippen LogP) is 5.33. The Morgan fingerprint density at radius 1 is 0.862 bits per heavy atom. The number of nitrogens with zero attached hydrogens (tertiary/aromatic N) is 1. The fourth-order valence-corrected chi connectivity index (χ4v) is 2.92. The van der Waals surface area contributed by atoms with E-state index in [1.165, 1.54) is 18.0 Å². The number of aromatic nitrogens is 1. The second kappa shape index (κ2) is 8.69. The minimum absolute atomic E-state index is 0.304. The second-order valence-electron chi connectivity index (χ2n) is 7.39. The zero-order valence-corrected chi connectivity index (χ0v) is 17.1. The van der Waals surface area contributed by atoms with Gasteiger partial charge >= 0.3 is 0 Å². The first-order valence-corrected chi connectivity index (χ1v) is 9.59. The molecule has 2 N–H and O–H groups in total. The van der Waals surface area contributed by atoms with Gasteiger partial charge in [0.25, 0.3) is 11.8 Å². The summed E-state index contributed by atoms with van der Waals surface area (Å²) in [5.74, 6) is -0.186. The van der Waals surface area contributed by atoms with Crippen molar-refractivity contribution in [3.63, 3.8) is 0 Å². The van der Waals surface area contributed by atoms with E-state index in [9.17, 15) is 9.59 Å². The van der Waals surface area contributed by atoms with Crippen LogP contribution in [0.3, 0.4) is 0 Å². The van der Waals surface area contributed by atoms with Crippen molar-refractivity contribution >= 4 is 23.2 Å². The van der Waals surface area contributed by atoms with Gasteiger partial charge in [0.05, 0.1) is 11.1 Å². The van der Waals surface area contributed by atoms with Gasteiger partial charge in [-0.25, -0.2) is 0 Å². The standard InChI is InChI=1S/C24H25N3O2/c1-15(2)18-8-10-21(11-9-18)26-23(28)19-12-20(14-25-13-19)24(29)27-22-7-5-6-16(3)17(22)4/h5-15H,1-4H3,(H,26,28)(H,27,29). The molecule has 0 spiro atoms. The maximum absolute atomic E-state index is 12.6. The number of nitrogens with one attached hydrogen (secondary N) is 2. The van der Waals surface area contributed by atoms with E-state index in [2.05, 4.69) is 29.5 Å². The number of carbonyl (C=O) groups is 2. The van der Waals surface area contributed by atoms with Crippen LogP contribution < -0.4 is 10.6 Å². The van der Waals surface area contributed by atoms with Crippen molar-refractivity contribution in [1.82, 2.24) is 4.98 Å². The fourth-order valence-electron chi connectivity index (χ4n) is 2.92. The molecule has 0 unspecified atom stereocenters. The van der Waals surface area contributed by atoms with E-state index >= 15 is 0 Å². The number of hydrogen-bond donors (Lipinski definition) is 2. The molecule has 1 heterocycles. The number of anilines is 2. The Morgan fingerprint density at radius 2 is 1.48 bits per heavy atom. The Kier molecular flexibility index (Phi) is 6.07. The van der Waals surface area contributed by atoms with Gasteiger partial charge in [0, 0.05) is 23.8 Å². The lowest BCUT2D eigenvalue weighted by atomic mass is 10.0. The molecule has 3 aromatic rings. The monoisotopic (exact) mass is 387 g/mol. The predicted molar refractivity (Wildman–Crippen MR) is 117 cm³/mol. The number of aryl methyl sites for hydroxylation is 1. The maximum atomic E-state index is 12.6. The number of pyridine rings is 1. The summed E-state index contributed by atoms with van der Waals surface area (Å²) in [5.41, 5.74) is 5.40. The Bertz CT molecular complexity index is 1040. The van der Waals surface area contributed by atoms with Crippen LogP contribution in [0.2, 0.25) is 0 Å². The van der Waals surface area contributed by atoms with Crippen LogP contribution in [-0.2, 0) is 0 Å². The van der Waals surface area contributed by atoms with Crippen LogP contribution in [0.4, 0.5) is 11.4 Å². The summed E-state index contributed by atoms with van der Waals surface area (Å²) >= 11 is 0. The van der Waals surface area contributed by atoms with Gasteiger partial charge in [-0.1, -0.05) is 38.1 Å². The average Bonchev–Trinajstić information content (AvgIpc) is 2.72. The van der Waals surface area contributed by atoms with Crippen molar-refractivity contribution < 1.29 is 9.59 Å². The summed E-state index contributed by atoms with van der Waals surface area (Å²) in [4.78, 5) is 29.3. The molecule has 2 amide bonds. The van der Waals surface area contributed by atoms with Crippen molar-refractivity contribution in [1.29, 1.82) is 0 Å². The summed E-state index contributed by atoms with van der Waals surface area (Å²) in [6.45, 7) is 8.19. The van der Waals surface area contributed by atoms with Crippen LogP contribution in [0.15, 0.2) is 60.9 Å². The second-order valence-corrected chi connectivity index (χ2v) is 7.39. The lowest BCUT2D eigenvalue weighted by molar-refractivity contribution is 0.102. The molecule has 3 rings (SSSR count). The molecule has 5 nitrogen and oxygen atoms in total. The molecule has 0 radical (unpaired) electrons. The van der Waals surface area contributed by atoms with E-state index in [-0.39, 0.29) is 11.8 Å². The quantitative estimate of drug-likeness (QED) is 0.622. The molecule has 0 bridgehead atoms. The summed E-state index contributed by atoms with van der Waals surface area (Å²) in [5, 5.41) is 5.74. The van der Waals surface area contributed by atoms with Crippen LogP contribution in [0.1, 0.15) is 57.2 Å². The maximum Gasteiger partial charge on any atom is 0.257 e. The number of carbonyl (C=O) groups excluding carboxylic acids is 2. The number of benzene rings is 2. The first kappa shape index (κ1) is 20.3. The van der Waals surface area contributed by atoms with Crippen LogP contribution in [0, 0.1) is 13.8 Å². The Labute approximate surface area is 171 Å². The van der Waals surface area contributed by atoms with Crippen LogP contribution >= 0.6 is 0 Å². The van der Waals surface area contributed by atoms with Gasteiger partial charge in [-0.3, -0.25) is 14.6 Å². The Morgan fingerprint density at radius 3 is 2.10 bits per heavy atom. The minimum atomic E-state index is -0.309. The largest absolute Gasteiger partial charge is 0.322 e. The number of hydrogen-bond acceptors (Lipinski definition) is 3. The Hall–Kier alpha value is -3.47. The normalized spacial score (nSPS) is 10.7. The fraction of sp³-hybridized carbons (Fsp3) is 0.208. The van der Waals surface area contributed by atoms with Gasteiger partial charge in [0.15, 0.2) is 0 Å². The van der Waals surface area contributed by atoms with Gasteiger partial charge in [0.1, 0.15) is 0 Å². The molecule has 1 aromatic heterocycles. The summed E-state index contributed by atoms with van der Waals surface area (Å²) in [6.07, 6.45) is 2.90. The SMILES string of the molecule is Cc1cccc(NC(=O)c2cncc(C(=O)Nc3ccc(C(C)C)cc3)c2)c1C. The lowest BCUT2D eigenvalue weighted by Gasteiger charge is -2.11. The zero-order chi connectivity index (χ0) is 21.0. The summed E-state index contributed by atoms with van der Waals surface area (Å²) < 4.78 is 0. The molecule has 148 valence electrons. The van der Waals surface area contributed by atoms with Crippen LogP contribution in [0.5, 0.6) is 0 Å². The molecule has 5 heteroatoms. The highest BCUT2D eigenvalue weighted by molar-refractivity contribution is 6.08. The molecular formula is C24H25N3O2. The zero-order valence-electron chi connectivity index (χ0n) is 17.1. The molecule has 0 saturated heterocycles. The van der Waals surface area contributed by atoms with E-state index in [0.29, 0.717) is 22.7 Å². The van der Waals surface area contributed by atoms with Gasteiger partial charge < -0.3 is 10.6 Å². The first-order chi connectivity index (χ1) is 13.8. The highest BCUT2D eigenvalue weighted by Crippen LogP contribution is 2.20. The third-order valence-corrected chi connectivity index (χ3v) is 4.95. The van der Waals surface area contributed by atoms with Crippen molar-refractivity contribution in [2.45, 2.75) is 33.6 Å². The van der Waals surface area contributed by atoms with Gasteiger partial charge in [-0.15, -0.1) is 0 Å². The Balaban J connectivity index is 1.73. The van der Waals surface area contributed by atoms with Crippen molar-refractivity contribution in [3.05, 3.63) is 88.7 Å². The number of rotatable bonds is 5. The molecule has 0 aliphatic rings. The molecule has 0 aliphatic carbocycles. The molecule has 0 atom stereocenters. The smallest absolute Gasteiger partial charge is 0.257 e. The van der Waals surface area contributed by atoms with E-state index < -0.39 is 0 Å². The minimum Gasteiger partial charge on any atom is -0.322 e. The van der Waals surface area contributed by atoms with Crippen LogP contribution in [0.25, 0.3) is 0 Å². The highest BCUT2D eigenvalue weighted by Gasteiger charge is 2.13. The van der Waals surface area contributed by atoms with E-state index in [1.807, 2.05) is 56.3 Å². The molecule has 2 aromatic carbocycles. The summed E-state index contributed by atoms with van der Waals surface area (Å²) in [7, 11) is 0. The van der Waals surface area contributed by atoms with E-state index in [0.717, 1.165) is 16.8 Å². The van der Waals surface area contributed by atoms with Crippen molar-refractivity contribution in [2.24, 2.45) is 0 Å². The molecule has 29 heavy (non-hydrogen) atoms. The molecule has 0 fully saturated rings. The summed E-state index contributed by atoms with van der Waals surface area (Å²) in [6, 6.07) is 15.0. The third-order valence-electron chi connectivity index (χ3n) is 4.95. The van der Waals surface area contributed by atoms with Gasteiger partial charge in [0.2, 0.25) is 0 Å². The highest BCUT2D eigenvalue weighted by atomic mass is 16.2. The topological polar surface area (TPSA) is 71.1 Å². The van der Waals surface area contributed by atoms with Crippen molar-refractivity contribution in [3.8, 4) is 0 Å². The average molecular weight is 387 g/mol. The molecular weight excluding hydrogens is 362 g/mol. The van der Waals surface area contributed by atoms with E-state index in [1.54, 1.807) is 6.07 Å². The molecule has 0 saturated carbocycles. The van der Waals surface area contributed by atoms with E-state index in [4.69, 9.17) is 0 Å². The first-order valence-electron chi connectivity index (χ1n) is 9.59.